The molecule has 6 heteroatoms. The maximum Gasteiger partial charge on any atom is 0.513 e. The van der Waals surface area contributed by atoms with Crippen LogP contribution >= 0.6 is 0 Å². The SMILES string of the molecule is CCCOC(=O)Oc1c2ccccc2c(OC(=O)OCCC)c2c(C)cc(C)cc12. The van der Waals surface area contributed by atoms with Gasteiger partial charge in [0.05, 0.1) is 13.2 Å². The molecule has 0 N–H and O–H groups in total. The molecule has 0 amide bonds. The highest BCUT2D eigenvalue weighted by Crippen LogP contribution is 2.44. The molecule has 158 valence electrons. The Hall–Kier alpha value is -3.28. The van der Waals surface area contributed by atoms with Gasteiger partial charge in [0, 0.05) is 21.5 Å². The van der Waals surface area contributed by atoms with Crippen molar-refractivity contribution >= 4 is 33.9 Å². The molecule has 6 nitrogen and oxygen atoms in total. The highest BCUT2D eigenvalue weighted by Gasteiger charge is 2.22. The summed E-state index contributed by atoms with van der Waals surface area (Å²) in [4.78, 5) is 24.5. The first-order valence-corrected chi connectivity index (χ1v) is 10.1. The van der Waals surface area contributed by atoms with E-state index in [4.69, 9.17) is 18.9 Å². The second-order valence-corrected chi connectivity index (χ2v) is 7.11. The van der Waals surface area contributed by atoms with Crippen molar-refractivity contribution in [1.29, 1.82) is 0 Å². The third kappa shape index (κ3) is 4.48. The maximum atomic E-state index is 12.3. The molecule has 0 saturated carbocycles. The number of carbonyl (C=O) groups is 2. The second kappa shape index (κ2) is 9.48. The molecular weight excluding hydrogens is 384 g/mol. The summed E-state index contributed by atoms with van der Waals surface area (Å²) in [6.45, 7) is 8.25. The van der Waals surface area contributed by atoms with Crippen LogP contribution in [0.2, 0.25) is 0 Å². The van der Waals surface area contributed by atoms with Gasteiger partial charge in [-0.1, -0.05) is 49.7 Å². The molecule has 0 aromatic heterocycles. The zero-order valence-electron chi connectivity index (χ0n) is 17.7. The molecule has 0 aliphatic carbocycles. The molecule has 0 aliphatic heterocycles. The second-order valence-electron chi connectivity index (χ2n) is 7.11. The van der Waals surface area contributed by atoms with E-state index in [2.05, 4.69) is 0 Å². The summed E-state index contributed by atoms with van der Waals surface area (Å²) in [6, 6.07) is 11.2. The van der Waals surface area contributed by atoms with E-state index >= 15 is 0 Å². The van der Waals surface area contributed by atoms with Crippen LogP contribution in [0.15, 0.2) is 36.4 Å². The van der Waals surface area contributed by atoms with Crippen molar-refractivity contribution in [3.63, 3.8) is 0 Å². The lowest BCUT2D eigenvalue weighted by Gasteiger charge is -2.18. The van der Waals surface area contributed by atoms with Crippen molar-refractivity contribution in [3.8, 4) is 11.5 Å². The van der Waals surface area contributed by atoms with E-state index in [-0.39, 0.29) is 13.2 Å². The lowest BCUT2D eigenvalue weighted by molar-refractivity contribution is 0.0984. The summed E-state index contributed by atoms with van der Waals surface area (Å²) < 4.78 is 21.6. The van der Waals surface area contributed by atoms with Crippen LogP contribution in [0.5, 0.6) is 11.5 Å². The Morgan fingerprint density at radius 3 is 1.87 bits per heavy atom. The Morgan fingerprint density at radius 2 is 1.30 bits per heavy atom. The highest BCUT2D eigenvalue weighted by atomic mass is 16.7. The van der Waals surface area contributed by atoms with Gasteiger partial charge >= 0.3 is 12.3 Å². The number of benzene rings is 3. The van der Waals surface area contributed by atoms with Gasteiger partial charge in [0.2, 0.25) is 0 Å². The molecule has 0 spiro atoms. The maximum absolute atomic E-state index is 12.3. The Balaban J connectivity index is 2.24. The number of carbonyl (C=O) groups excluding carboxylic acids is 2. The lowest BCUT2D eigenvalue weighted by Crippen LogP contribution is -2.13. The van der Waals surface area contributed by atoms with Crippen molar-refractivity contribution in [1.82, 2.24) is 0 Å². The molecule has 0 aliphatic rings. The molecular formula is C24H26O6. The van der Waals surface area contributed by atoms with E-state index in [0.29, 0.717) is 45.9 Å². The summed E-state index contributed by atoms with van der Waals surface area (Å²) in [5.74, 6) is 0.760. The summed E-state index contributed by atoms with van der Waals surface area (Å²) in [5, 5.41) is 2.63. The first kappa shape index (κ1) is 21.4. The van der Waals surface area contributed by atoms with Crippen molar-refractivity contribution in [2.24, 2.45) is 0 Å². The number of hydrogen-bond donors (Lipinski definition) is 0. The van der Waals surface area contributed by atoms with Gasteiger partial charge in [-0.05, 0) is 38.3 Å². The van der Waals surface area contributed by atoms with Crippen molar-refractivity contribution in [3.05, 3.63) is 47.5 Å². The quantitative estimate of drug-likeness (QED) is 0.264. The predicted octanol–water partition coefficient (Wildman–Crippen LogP) is 6.46. The molecule has 0 fully saturated rings. The highest BCUT2D eigenvalue weighted by molar-refractivity contribution is 6.13. The minimum absolute atomic E-state index is 0.275. The Bertz CT molecular complexity index is 1090. The van der Waals surface area contributed by atoms with E-state index in [1.54, 1.807) is 0 Å². The first-order valence-electron chi connectivity index (χ1n) is 10.1. The topological polar surface area (TPSA) is 71.1 Å². The zero-order valence-corrected chi connectivity index (χ0v) is 17.7. The van der Waals surface area contributed by atoms with Crippen LogP contribution in [-0.4, -0.2) is 25.5 Å². The minimum Gasteiger partial charge on any atom is -0.434 e. The van der Waals surface area contributed by atoms with Gasteiger partial charge in [0.1, 0.15) is 5.75 Å². The summed E-state index contributed by atoms with van der Waals surface area (Å²) in [5.41, 5.74) is 1.88. The normalized spacial score (nSPS) is 10.8. The van der Waals surface area contributed by atoms with Crippen LogP contribution in [0.25, 0.3) is 21.5 Å². The number of ether oxygens (including phenoxy) is 4. The molecule has 0 radical (unpaired) electrons. The fraction of sp³-hybridized carbons (Fsp3) is 0.333. The van der Waals surface area contributed by atoms with Gasteiger partial charge in [-0.15, -0.1) is 0 Å². The third-order valence-corrected chi connectivity index (χ3v) is 4.59. The summed E-state index contributed by atoms with van der Waals surface area (Å²) >= 11 is 0. The smallest absolute Gasteiger partial charge is 0.434 e. The monoisotopic (exact) mass is 410 g/mol. The molecule has 0 heterocycles. The average Bonchev–Trinajstić information content (AvgIpc) is 2.72. The molecule has 3 aromatic carbocycles. The van der Waals surface area contributed by atoms with Crippen LogP contribution in [0, 0.1) is 13.8 Å². The number of rotatable bonds is 6. The van der Waals surface area contributed by atoms with Gasteiger partial charge in [-0.3, -0.25) is 0 Å². The lowest BCUT2D eigenvalue weighted by atomic mass is 9.96. The predicted molar refractivity (Wildman–Crippen MR) is 115 cm³/mol. The van der Waals surface area contributed by atoms with Gasteiger partial charge < -0.3 is 18.9 Å². The Kier molecular flexibility index (Phi) is 6.77. The summed E-state index contributed by atoms with van der Waals surface area (Å²) in [7, 11) is 0. The standard InChI is InChI=1S/C24H26O6/c1-5-11-27-23(25)29-21-17-9-7-8-10-18(17)22(30-24(26)28-12-6-2)20-16(4)13-15(3)14-19(20)21/h7-10,13-14H,5-6,11-12H2,1-4H3. The van der Waals surface area contributed by atoms with E-state index in [0.717, 1.165) is 11.1 Å². The van der Waals surface area contributed by atoms with Crippen LogP contribution < -0.4 is 9.47 Å². The summed E-state index contributed by atoms with van der Waals surface area (Å²) in [6.07, 6.45) is -0.138. The Morgan fingerprint density at radius 1 is 0.767 bits per heavy atom. The minimum atomic E-state index is -0.765. The van der Waals surface area contributed by atoms with E-state index in [9.17, 15) is 9.59 Å². The molecule has 0 unspecified atom stereocenters. The molecule has 3 rings (SSSR count). The van der Waals surface area contributed by atoms with Crippen LogP contribution in [0.1, 0.15) is 37.8 Å². The van der Waals surface area contributed by atoms with Gasteiger partial charge in [-0.2, -0.15) is 0 Å². The fourth-order valence-corrected chi connectivity index (χ4v) is 3.42. The number of aryl methyl sites for hydroxylation is 2. The molecule has 0 saturated heterocycles. The van der Waals surface area contributed by atoms with Crippen molar-refractivity contribution in [2.45, 2.75) is 40.5 Å². The van der Waals surface area contributed by atoms with Gasteiger partial charge in [-0.25, -0.2) is 9.59 Å². The van der Waals surface area contributed by atoms with Gasteiger partial charge in [0.15, 0.2) is 5.75 Å². The fourth-order valence-electron chi connectivity index (χ4n) is 3.42. The van der Waals surface area contributed by atoms with E-state index in [1.165, 1.54) is 0 Å². The van der Waals surface area contributed by atoms with Gasteiger partial charge in [0.25, 0.3) is 0 Å². The molecule has 3 aromatic rings. The van der Waals surface area contributed by atoms with E-state index in [1.807, 2.05) is 64.1 Å². The third-order valence-electron chi connectivity index (χ3n) is 4.59. The van der Waals surface area contributed by atoms with Crippen molar-refractivity contribution < 1.29 is 28.5 Å². The molecule has 0 atom stereocenters. The molecule has 30 heavy (non-hydrogen) atoms. The van der Waals surface area contributed by atoms with Crippen LogP contribution in [-0.2, 0) is 9.47 Å². The van der Waals surface area contributed by atoms with E-state index < -0.39 is 12.3 Å². The Labute approximate surface area is 175 Å². The number of fused-ring (bicyclic) bond motifs is 2. The largest absolute Gasteiger partial charge is 0.513 e. The van der Waals surface area contributed by atoms with Crippen LogP contribution in [0.3, 0.4) is 0 Å². The zero-order chi connectivity index (χ0) is 21.7. The first-order chi connectivity index (χ1) is 14.5. The average molecular weight is 410 g/mol. The van der Waals surface area contributed by atoms with Crippen molar-refractivity contribution in [2.75, 3.05) is 13.2 Å². The molecule has 0 bridgehead atoms. The van der Waals surface area contributed by atoms with Crippen LogP contribution in [0.4, 0.5) is 9.59 Å². The number of hydrogen-bond acceptors (Lipinski definition) is 6.